The van der Waals surface area contributed by atoms with E-state index in [1.807, 2.05) is 49.4 Å². The summed E-state index contributed by atoms with van der Waals surface area (Å²) in [5, 5.41) is 3.77. The minimum Gasteiger partial charge on any atom is -0.352 e. The second-order valence-corrected chi connectivity index (χ2v) is 9.65. The molecule has 0 aliphatic heterocycles. The number of hydrogen-bond acceptors (Lipinski definition) is 3. The minimum atomic E-state index is -0.522. The summed E-state index contributed by atoms with van der Waals surface area (Å²) in [5.74, 6) is 1.52. The fourth-order valence-electron chi connectivity index (χ4n) is 3.87. The molecule has 4 nitrogen and oxygen atoms in total. The number of halogens is 1. The third-order valence-corrected chi connectivity index (χ3v) is 6.95. The molecule has 0 saturated heterocycles. The Morgan fingerprint density at radius 3 is 2.52 bits per heavy atom. The van der Waals surface area contributed by atoms with Crippen LogP contribution in [0.3, 0.4) is 0 Å². The van der Waals surface area contributed by atoms with E-state index in [-0.39, 0.29) is 17.9 Å². The number of thioether (sulfide) groups is 1. The summed E-state index contributed by atoms with van der Waals surface area (Å²) in [5.41, 5.74) is 2.18. The van der Waals surface area contributed by atoms with E-state index >= 15 is 0 Å². The van der Waals surface area contributed by atoms with Crippen LogP contribution in [0.2, 0.25) is 5.02 Å². The fourth-order valence-corrected chi connectivity index (χ4v) is 4.98. The molecule has 1 aliphatic rings. The monoisotopic (exact) mass is 458 g/mol. The highest BCUT2D eigenvalue weighted by Gasteiger charge is 2.28. The molecular formula is C25H31ClN2O2S. The van der Waals surface area contributed by atoms with Gasteiger partial charge in [-0.15, -0.1) is 0 Å². The molecule has 1 saturated carbocycles. The van der Waals surface area contributed by atoms with Crippen molar-refractivity contribution in [3.05, 3.63) is 70.7 Å². The van der Waals surface area contributed by atoms with Crippen molar-refractivity contribution in [1.82, 2.24) is 10.2 Å². The zero-order valence-electron chi connectivity index (χ0n) is 18.1. The number of hydrogen-bond donors (Lipinski definition) is 1. The molecule has 1 fully saturated rings. The predicted octanol–water partition coefficient (Wildman–Crippen LogP) is 5.44. The number of nitrogens with one attached hydrogen (secondary N) is 1. The van der Waals surface area contributed by atoms with Gasteiger partial charge in [0.2, 0.25) is 11.8 Å². The van der Waals surface area contributed by atoms with Crippen molar-refractivity contribution in [2.24, 2.45) is 0 Å². The van der Waals surface area contributed by atoms with Gasteiger partial charge in [-0.25, -0.2) is 0 Å². The number of amides is 2. The smallest absolute Gasteiger partial charge is 0.242 e. The summed E-state index contributed by atoms with van der Waals surface area (Å²) in [7, 11) is 0. The number of carbonyl (C=O) groups excluding carboxylic acids is 2. The van der Waals surface area contributed by atoms with Crippen LogP contribution in [0.25, 0.3) is 0 Å². The van der Waals surface area contributed by atoms with Crippen LogP contribution in [0.4, 0.5) is 0 Å². The van der Waals surface area contributed by atoms with Crippen LogP contribution in [0.5, 0.6) is 0 Å². The quantitative estimate of drug-likeness (QED) is 0.482. The van der Waals surface area contributed by atoms with Gasteiger partial charge in [0.1, 0.15) is 6.04 Å². The summed E-state index contributed by atoms with van der Waals surface area (Å²) in [4.78, 5) is 27.7. The average molecular weight is 459 g/mol. The topological polar surface area (TPSA) is 49.4 Å². The normalized spacial score (nSPS) is 14.9. The van der Waals surface area contributed by atoms with Crippen LogP contribution < -0.4 is 5.32 Å². The Balaban J connectivity index is 1.60. The third kappa shape index (κ3) is 7.58. The summed E-state index contributed by atoms with van der Waals surface area (Å²) >= 11 is 7.88. The Bertz CT molecular complexity index is 856. The molecule has 1 aliphatic carbocycles. The van der Waals surface area contributed by atoms with Gasteiger partial charge in [0.15, 0.2) is 0 Å². The van der Waals surface area contributed by atoms with E-state index in [1.165, 1.54) is 5.56 Å². The van der Waals surface area contributed by atoms with Crippen LogP contribution in [0.1, 0.15) is 50.2 Å². The molecule has 1 atom stereocenters. The van der Waals surface area contributed by atoms with Gasteiger partial charge in [-0.2, -0.15) is 11.8 Å². The molecule has 2 amide bonds. The zero-order valence-corrected chi connectivity index (χ0v) is 19.6. The van der Waals surface area contributed by atoms with Gasteiger partial charge in [-0.1, -0.05) is 66.9 Å². The molecule has 0 unspecified atom stereocenters. The largest absolute Gasteiger partial charge is 0.352 e. The van der Waals surface area contributed by atoms with E-state index in [4.69, 9.17) is 11.6 Å². The summed E-state index contributed by atoms with van der Waals surface area (Å²) in [6, 6.07) is 17.4. The van der Waals surface area contributed by atoms with Crippen LogP contribution in [-0.4, -0.2) is 34.6 Å². The highest BCUT2D eigenvalue weighted by Crippen LogP contribution is 2.20. The standard InChI is InChI=1S/C25H31ClN2O2S/c1-19(25(30)27-23-12-5-6-13-23)28(17-21-10-7-11-22(26)16-21)24(29)14-15-31-18-20-8-3-2-4-9-20/h2-4,7-11,16,19,23H,5-6,12-15,17-18H2,1H3,(H,27,30)/t19-/m1/s1. The van der Waals surface area contributed by atoms with E-state index in [9.17, 15) is 9.59 Å². The SMILES string of the molecule is C[C@H](C(=O)NC1CCCC1)N(Cc1cccc(Cl)c1)C(=O)CCSCc1ccccc1. The average Bonchev–Trinajstić information content (AvgIpc) is 3.28. The number of benzene rings is 2. The molecule has 1 N–H and O–H groups in total. The van der Waals surface area contributed by atoms with Gasteiger partial charge >= 0.3 is 0 Å². The van der Waals surface area contributed by atoms with E-state index in [0.717, 1.165) is 42.8 Å². The maximum absolute atomic E-state index is 13.1. The molecule has 2 aromatic carbocycles. The van der Waals surface area contributed by atoms with Crippen LogP contribution in [0.15, 0.2) is 54.6 Å². The van der Waals surface area contributed by atoms with Gasteiger partial charge in [-0.05, 0) is 43.0 Å². The number of nitrogens with zero attached hydrogens (tertiary/aromatic N) is 1. The zero-order chi connectivity index (χ0) is 22.1. The third-order valence-electron chi connectivity index (χ3n) is 5.68. The Hall–Kier alpha value is -1.98. The van der Waals surface area contributed by atoms with Gasteiger partial charge < -0.3 is 10.2 Å². The predicted molar refractivity (Wildman–Crippen MR) is 129 cm³/mol. The van der Waals surface area contributed by atoms with Crippen LogP contribution in [-0.2, 0) is 21.9 Å². The van der Waals surface area contributed by atoms with Crippen molar-refractivity contribution in [2.45, 2.75) is 63.4 Å². The van der Waals surface area contributed by atoms with Gasteiger partial charge in [0.25, 0.3) is 0 Å². The molecule has 0 heterocycles. The van der Waals surface area contributed by atoms with Crippen molar-refractivity contribution >= 4 is 35.2 Å². The number of carbonyl (C=O) groups is 2. The molecule has 31 heavy (non-hydrogen) atoms. The molecule has 166 valence electrons. The fraction of sp³-hybridized carbons (Fsp3) is 0.440. The van der Waals surface area contributed by atoms with E-state index in [2.05, 4.69) is 17.4 Å². The highest BCUT2D eigenvalue weighted by molar-refractivity contribution is 7.98. The molecule has 0 aromatic heterocycles. The molecule has 2 aromatic rings. The lowest BCUT2D eigenvalue weighted by molar-refractivity contribution is -0.140. The first-order valence-corrected chi connectivity index (χ1v) is 12.5. The Labute approximate surface area is 194 Å². The molecular weight excluding hydrogens is 428 g/mol. The molecule has 3 rings (SSSR count). The summed E-state index contributed by atoms with van der Waals surface area (Å²) < 4.78 is 0. The highest BCUT2D eigenvalue weighted by atomic mass is 35.5. The van der Waals surface area contributed by atoms with E-state index < -0.39 is 6.04 Å². The lowest BCUT2D eigenvalue weighted by Gasteiger charge is -2.30. The molecule has 0 spiro atoms. The molecule has 0 radical (unpaired) electrons. The van der Waals surface area contributed by atoms with Gasteiger partial charge in [-0.3, -0.25) is 9.59 Å². The van der Waals surface area contributed by atoms with Crippen LogP contribution >= 0.6 is 23.4 Å². The minimum absolute atomic E-state index is 0.00499. The summed E-state index contributed by atoms with van der Waals surface area (Å²) in [6.07, 6.45) is 4.76. The lowest BCUT2D eigenvalue weighted by atomic mass is 10.1. The van der Waals surface area contributed by atoms with Crippen molar-refractivity contribution in [3.63, 3.8) is 0 Å². The second-order valence-electron chi connectivity index (χ2n) is 8.11. The lowest BCUT2D eigenvalue weighted by Crippen LogP contribution is -2.49. The molecule has 0 bridgehead atoms. The maximum Gasteiger partial charge on any atom is 0.242 e. The van der Waals surface area contributed by atoms with Gasteiger partial charge in [0.05, 0.1) is 0 Å². The van der Waals surface area contributed by atoms with E-state index in [1.54, 1.807) is 16.7 Å². The van der Waals surface area contributed by atoms with Gasteiger partial charge in [0, 0.05) is 35.5 Å². The van der Waals surface area contributed by atoms with Crippen molar-refractivity contribution < 1.29 is 9.59 Å². The first-order valence-electron chi connectivity index (χ1n) is 11.0. The van der Waals surface area contributed by atoms with Crippen LogP contribution in [0, 0.1) is 0 Å². The Morgan fingerprint density at radius 2 is 1.81 bits per heavy atom. The first-order chi connectivity index (χ1) is 15.0. The van der Waals surface area contributed by atoms with E-state index in [0.29, 0.717) is 18.0 Å². The number of rotatable bonds is 10. The molecule has 6 heteroatoms. The summed E-state index contributed by atoms with van der Waals surface area (Å²) in [6.45, 7) is 2.20. The Morgan fingerprint density at radius 1 is 1.10 bits per heavy atom. The Kier molecular flexibility index (Phi) is 9.29. The maximum atomic E-state index is 13.1. The van der Waals surface area contributed by atoms with Crippen molar-refractivity contribution in [1.29, 1.82) is 0 Å². The first kappa shape index (κ1) is 23.7. The second kappa shape index (κ2) is 12.2. The van der Waals surface area contributed by atoms with Crippen molar-refractivity contribution in [2.75, 3.05) is 5.75 Å². The van der Waals surface area contributed by atoms with Crippen molar-refractivity contribution in [3.8, 4) is 0 Å².